The Kier molecular flexibility index (Phi) is 5.00. The molecule has 116 valence electrons. The van der Waals surface area contributed by atoms with Gasteiger partial charge in [-0.3, -0.25) is 0 Å². The Morgan fingerprint density at radius 3 is 2.57 bits per heavy atom. The third kappa shape index (κ3) is 3.27. The number of aliphatic hydroxyl groups excluding tert-OH is 2. The van der Waals surface area contributed by atoms with Crippen molar-refractivity contribution in [2.24, 2.45) is 0 Å². The minimum atomic E-state index is -3.72. The number of thiophene rings is 1. The van der Waals surface area contributed by atoms with Gasteiger partial charge in [-0.2, -0.15) is 4.31 Å². The zero-order chi connectivity index (χ0) is 15.6. The maximum Gasteiger partial charge on any atom is 0.244 e. The van der Waals surface area contributed by atoms with Crippen molar-refractivity contribution in [3.8, 4) is 0 Å². The fraction of sp³-hybridized carbons (Fsp3) is 0.429. The summed E-state index contributed by atoms with van der Waals surface area (Å²) in [5.41, 5.74) is 0. The van der Waals surface area contributed by atoms with Crippen LogP contribution in [0.15, 0.2) is 34.5 Å². The Balaban J connectivity index is 2.47. The van der Waals surface area contributed by atoms with E-state index in [9.17, 15) is 13.5 Å². The summed E-state index contributed by atoms with van der Waals surface area (Å²) in [6, 6.07) is 7.01. The molecule has 1 atom stereocenters. The minimum absolute atomic E-state index is 0.124. The van der Waals surface area contributed by atoms with Gasteiger partial charge in [0.05, 0.1) is 12.7 Å². The average molecular weight is 329 g/mol. The van der Waals surface area contributed by atoms with Crippen LogP contribution >= 0.6 is 11.3 Å². The van der Waals surface area contributed by atoms with E-state index in [1.807, 2.05) is 12.1 Å². The molecule has 0 fully saturated rings. The number of sulfonamides is 1. The van der Waals surface area contributed by atoms with Crippen LogP contribution in [0.1, 0.15) is 13.8 Å². The predicted octanol–water partition coefficient (Wildman–Crippen LogP) is 1.65. The zero-order valence-corrected chi connectivity index (χ0v) is 13.6. The SMILES string of the molecule is CC(C)N(CC(O)CO)S(=O)(=O)c1csc2ccccc12. The molecule has 0 aliphatic rings. The third-order valence-corrected chi connectivity index (χ3v) is 6.40. The lowest BCUT2D eigenvalue weighted by Crippen LogP contribution is -2.42. The summed E-state index contributed by atoms with van der Waals surface area (Å²) in [4.78, 5) is 0.252. The van der Waals surface area contributed by atoms with E-state index in [-0.39, 0.29) is 17.5 Å². The van der Waals surface area contributed by atoms with E-state index < -0.39 is 22.7 Å². The monoisotopic (exact) mass is 329 g/mol. The van der Waals surface area contributed by atoms with Gasteiger partial charge in [0.25, 0.3) is 0 Å². The molecule has 0 spiro atoms. The lowest BCUT2D eigenvalue weighted by molar-refractivity contribution is 0.0738. The minimum Gasteiger partial charge on any atom is -0.394 e. The van der Waals surface area contributed by atoms with Crippen molar-refractivity contribution in [2.75, 3.05) is 13.2 Å². The van der Waals surface area contributed by atoms with Crippen LogP contribution < -0.4 is 0 Å². The second-order valence-electron chi connectivity index (χ2n) is 5.10. The summed E-state index contributed by atoms with van der Waals surface area (Å²) >= 11 is 1.38. The Bertz CT molecular complexity index is 709. The lowest BCUT2D eigenvalue weighted by Gasteiger charge is -2.27. The van der Waals surface area contributed by atoms with Crippen LogP contribution in [-0.4, -0.2) is 48.2 Å². The van der Waals surface area contributed by atoms with Crippen molar-refractivity contribution in [1.29, 1.82) is 0 Å². The number of hydrogen-bond donors (Lipinski definition) is 2. The summed E-state index contributed by atoms with van der Waals surface area (Å²) in [6.07, 6.45) is -1.09. The molecule has 2 aromatic rings. The molecule has 7 heteroatoms. The molecule has 0 radical (unpaired) electrons. The van der Waals surface area contributed by atoms with Crippen molar-refractivity contribution in [1.82, 2.24) is 4.31 Å². The van der Waals surface area contributed by atoms with Gasteiger partial charge in [-0.1, -0.05) is 18.2 Å². The molecule has 1 heterocycles. The van der Waals surface area contributed by atoms with E-state index in [1.165, 1.54) is 15.6 Å². The fourth-order valence-corrected chi connectivity index (χ4v) is 5.28. The van der Waals surface area contributed by atoms with Crippen LogP contribution in [0.25, 0.3) is 10.1 Å². The smallest absolute Gasteiger partial charge is 0.244 e. The van der Waals surface area contributed by atoms with Crippen LogP contribution in [-0.2, 0) is 10.0 Å². The largest absolute Gasteiger partial charge is 0.394 e. The molecule has 0 aliphatic carbocycles. The highest BCUT2D eigenvalue weighted by Gasteiger charge is 2.30. The first kappa shape index (κ1) is 16.4. The standard InChI is InChI=1S/C14H19NO4S2/c1-10(2)15(7-11(17)8-16)21(18,19)14-9-20-13-6-4-3-5-12(13)14/h3-6,9-11,16-17H,7-8H2,1-2H3. The Morgan fingerprint density at radius 2 is 1.95 bits per heavy atom. The summed E-state index contributed by atoms with van der Waals surface area (Å²) in [5, 5.41) is 20.9. The van der Waals surface area contributed by atoms with Gasteiger partial charge in [-0.25, -0.2) is 8.42 Å². The normalized spacial score (nSPS) is 14.2. The number of nitrogens with zero attached hydrogens (tertiary/aromatic N) is 1. The molecule has 0 bridgehead atoms. The molecule has 0 saturated heterocycles. The molecule has 2 N–H and O–H groups in total. The van der Waals surface area contributed by atoms with Gasteiger partial charge in [-0.15, -0.1) is 11.3 Å². The molecule has 1 aromatic heterocycles. The van der Waals surface area contributed by atoms with Gasteiger partial charge >= 0.3 is 0 Å². The summed E-state index contributed by atoms with van der Waals surface area (Å²) in [5.74, 6) is 0. The van der Waals surface area contributed by atoms with E-state index in [4.69, 9.17) is 5.11 Å². The Morgan fingerprint density at radius 1 is 1.29 bits per heavy atom. The zero-order valence-electron chi connectivity index (χ0n) is 11.9. The van der Waals surface area contributed by atoms with Crippen molar-refractivity contribution < 1.29 is 18.6 Å². The molecule has 1 aromatic carbocycles. The Hall–Kier alpha value is -0.990. The summed E-state index contributed by atoms with van der Waals surface area (Å²) in [7, 11) is -3.72. The molecule has 5 nitrogen and oxygen atoms in total. The quantitative estimate of drug-likeness (QED) is 0.845. The van der Waals surface area contributed by atoms with Crippen LogP contribution in [0.3, 0.4) is 0 Å². The molecular formula is C14H19NO4S2. The van der Waals surface area contributed by atoms with Crippen molar-refractivity contribution in [3.63, 3.8) is 0 Å². The second-order valence-corrected chi connectivity index (χ2v) is 7.87. The highest BCUT2D eigenvalue weighted by Crippen LogP contribution is 2.31. The van der Waals surface area contributed by atoms with Gasteiger partial charge in [-0.05, 0) is 19.9 Å². The van der Waals surface area contributed by atoms with E-state index in [2.05, 4.69) is 0 Å². The van der Waals surface area contributed by atoms with Gasteiger partial charge < -0.3 is 10.2 Å². The van der Waals surface area contributed by atoms with Gasteiger partial charge in [0.2, 0.25) is 10.0 Å². The summed E-state index contributed by atoms with van der Waals surface area (Å²) in [6.45, 7) is 2.90. The molecular weight excluding hydrogens is 310 g/mol. The molecule has 1 unspecified atom stereocenters. The third-order valence-electron chi connectivity index (χ3n) is 3.21. The van der Waals surface area contributed by atoms with Gasteiger partial charge in [0, 0.05) is 28.1 Å². The number of hydrogen-bond acceptors (Lipinski definition) is 5. The number of fused-ring (bicyclic) bond motifs is 1. The fourth-order valence-electron chi connectivity index (χ4n) is 2.13. The highest BCUT2D eigenvalue weighted by molar-refractivity contribution is 7.89. The molecule has 0 amide bonds. The lowest BCUT2D eigenvalue weighted by atomic mass is 10.3. The van der Waals surface area contributed by atoms with E-state index in [1.54, 1.807) is 31.4 Å². The van der Waals surface area contributed by atoms with Crippen molar-refractivity contribution >= 4 is 31.4 Å². The van der Waals surface area contributed by atoms with Gasteiger partial charge in [0.1, 0.15) is 4.90 Å². The number of rotatable bonds is 6. The first-order valence-electron chi connectivity index (χ1n) is 6.65. The van der Waals surface area contributed by atoms with Crippen LogP contribution in [0.2, 0.25) is 0 Å². The second kappa shape index (κ2) is 6.41. The van der Waals surface area contributed by atoms with Crippen LogP contribution in [0.5, 0.6) is 0 Å². The number of aliphatic hydroxyl groups is 2. The van der Waals surface area contributed by atoms with Crippen LogP contribution in [0, 0.1) is 0 Å². The maximum absolute atomic E-state index is 12.8. The van der Waals surface area contributed by atoms with Crippen LogP contribution in [0.4, 0.5) is 0 Å². The number of benzene rings is 1. The first-order chi connectivity index (χ1) is 9.87. The Labute approximate surface area is 128 Å². The first-order valence-corrected chi connectivity index (χ1v) is 8.97. The molecule has 21 heavy (non-hydrogen) atoms. The predicted molar refractivity (Wildman–Crippen MR) is 83.9 cm³/mol. The van der Waals surface area contributed by atoms with Crippen molar-refractivity contribution in [3.05, 3.63) is 29.6 Å². The molecule has 2 rings (SSSR count). The highest BCUT2D eigenvalue weighted by atomic mass is 32.2. The average Bonchev–Trinajstić information content (AvgIpc) is 2.88. The van der Waals surface area contributed by atoms with E-state index in [0.717, 1.165) is 4.70 Å². The molecule has 0 aliphatic heterocycles. The molecule has 0 saturated carbocycles. The summed E-state index contributed by atoms with van der Waals surface area (Å²) < 4.78 is 27.8. The maximum atomic E-state index is 12.8. The van der Waals surface area contributed by atoms with Gasteiger partial charge in [0.15, 0.2) is 0 Å². The van der Waals surface area contributed by atoms with E-state index >= 15 is 0 Å². The van der Waals surface area contributed by atoms with Crippen molar-refractivity contribution in [2.45, 2.75) is 30.9 Å². The van der Waals surface area contributed by atoms with E-state index in [0.29, 0.717) is 5.39 Å². The topological polar surface area (TPSA) is 77.8 Å².